The average Bonchev–Trinajstić information content (AvgIpc) is 2.27. The molecule has 1 N–H and O–H groups in total. The number of rotatable bonds is 8. The number of carbonyl (C=O) groups is 3. The third-order valence-corrected chi connectivity index (χ3v) is 1.72. The van der Waals surface area contributed by atoms with E-state index in [1.54, 1.807) is 13.0 Å². The number of hydrogen-bond acceptors (Lipinski definition) is 5. The van der Waals surface area contributed by atoms with Gasteiger partial charge in [0.05, 0.1) is 19.6 Å². The predicted molar refractivity (Wildman–Crippen MR) is 62.7 cm³/mol. The molecule has 0 aliphatic rings. The fourth-order valence-electron chi connectivity index (χ4n) is 0.938. The van der Waals surface area contributed by atoms with Crippen molar-refractivity contribution in [2.24, 2.45) is 0 Å². The number of carbonyl (C=O) groups excluding carboxylic acids is 2. The van der Waals surface area contributed by atoms with E-state index in [2.05, 4.69) is 6.58 Å². The fourth-order valence-corrected chi connectivity index (χ4v) is 0.938. The molecule has 0 bridgehead atoms. The Labute approximate surface area is 105 Å². The van der Waals surface area contributed by atoms with E-state index in [0.29, 0.717) is 6.42 Å². The van der Waals surface area contributed by atoms with Crippen LogP contribution in [0.3, 0.4) is 0 Å². The van der Waals surface area contributed by atoms with Crippen LogP contribution in [0.2, 0.25) is 0 Å². The Morgan fingerprint density at radius 3 is 2.39 bits per heavy atom. The van der Waals surface area contributed by atoms with Gasteiger partial charge in [-0.2, -0.15) is 0 Å². The Kier molecular flexibility index (Phi) is 7.92. The van der Waals surface area contributed by atoms with Crippen LogP contribution in [-0.4, -0.2) is 36.2 Å². The summed E-state index contributed by atoms with van der Waals surface area (Å²) in [5.41, 5.74) is -0.117. The number of carboxylic acid groups (broad SMARTS) is 1. The van der Waals surface area contributed by atoms with E-state index in [-0.39, 0.29) is 18.8 Å². The smallest absolute Gasteiger partial charge is 0.333 e. The van der Waals surface area contributed by atoms with Crippen LogP contribution in [0.5, 0.6) is 0 Å². The van der Waals surface area contributed by atoms with E-state index in [0.717, 1.165) is 0 Å². The maximum absolute atomic E-state index is 11.2. The quantitative estimate of drug-likeness (QED) is 0.397. The van der Waals surface area contributed by atoms with Crippen molar-refractivity contribution in [3.05, 3.63) is 24.3 Å². The van der Waals surface area contributed by atoms with Crippen molar-refractivity contribution in [2.75, 3.05) is 13.2 Å². The molecule has 0 aliphatic carbocycles. The minimum atomic E-state index is -1.14. The molecule has 0 spiro atoms. The lowest BCUT2D eigenvalue weighted by molar-refractivity contribution is -0.143. The molecule has 0 aromatic heterocycles. The SMILES string of the molecule is C=C(CC(=O)O)C(=O)OCCCOC(=O)C=CC. The molecule has 0 amide bonds. The van der Waals surface area contributed by atoms with Crippen molar-refractivity contribution in [3.8, 4) is 0 Å². The summed E-state index contributed by atoms with van der Waals surface area (Å²) in [6, 6.07) is 0. The van der Waals surface area contributed by atoms with E-state index in [1.165, 1.54) is 6.08 Å². The topological polar surface area (TPSA) is 89.9 Å². The summed E-state index contributed by atoms with van der Waals surface area (Å²) >= 11 is 0. The molecular weight excluding hydrogens is 240 g/mol. The van der Waals surface area contributed by atoms with Gasteiger partial charge in [0.1, 0.15) is 0 Å². The number of esters is 2. The van der Waals surface area contributed by atoms with Crippen LogP contribution in [-0.2, 0) is 23.9 Å². The molecule has 100 valence electrons. The molecule has 0 atom stereocenters. The van der Waals surface area contributed by atoms with Gasteiger partial charge in [0.25, 0.3) is 0 Å². The first kappa shape index (κ1) is 15.9. The molecule has 0 aromatic rings. The largest absolute Gasteiger partial charge is 0.481 e. The molecule has 0 unspecified atom stereocenters. The minimum absolute atomic E-state index is 0.0423. The molecule has 0 aromatic carbocycles. The van der Waals surface area contributed by atoms with Crippen molar-refractivity contribution in [2.45, 2.75) is 19.8 Å². The zero-order chi connectivity index (χ0) is 14.0. The Balaban J connectivity index is 3.66. The number of ether oxygens (including phenoxy) is 2. The van der Waals surface area contributed by atoms with Gasteiger partial charge in [0, 0.05) is 18.1 Å². The Morgan fingerprint density at radius 1 is 1.22 bits per heavy atom. The summed E-state index contributed by atoms with van der Waals surface area (Å²) in [5.74, 6) is -2.35. The normalized spacial score (nSPS) is 10.1. The van der Waals surface area contributed by atoms with Gasteiger partial charge in [-0.1, -0.05) is 12.7 Å². The molecule has 0 saturated carbocycles. The van der Waals surface area contributed by atoms with Crippen LogP contribution in [0, 0.1) is 0 Å². The molecular formula is C12H16O6. The molecule has 0 saturated heterocycles. The first-order valence-electron chi connectivity index (χ1n) is 5.33. The fraction of sp³-hybridized carbons (Fsp3) is 0.417. The first-order valence-corrected chi connectivity index (χ1v) is 5.33. The monoisotopic (exact) mass is 256 g/mol. The Bertz CT molecular complexity index is 356. The van der Waals surface area contributed by atoms with Crippen molar-refractivity contribution in [3.63, 3.8) is 0 Å². The summed E-state index contributed by atoms with van der Waals surface area (Å²) in [6.45, 7) is 5.16. The van der Waals surface area contributed by atoms with E-state index in [1.807, 2.05) is 0 Å². The average molecular weight is 256 g/mol. The maximum atomic E-state index is 11.2. The van der Waals surface area contributed by atoms with Gasteiger partial charge in [-0.15, -0.1) is 0 Å². The van der Waals surface area contributed by atoms with Crippen molar-refractivity contribution in [1.29, 1.82) is 0 Å². The number of aliphatic carboxylic acids is 1. The van der Waals surface area contributed by atoms with E-state index >= 15 is 0 Å². The summed E-state index contributed by atoms with van der Waals surface area (Å²) in [6.07, 6.45) is 2.73. The lowest BCUT2D eigenvalue weighted by Crippen LogP contribution is -2.13. The zero-order valence-electron chi connectivity index (χ0n) is 10.2. The highest BCUT2D eigenvalue weighted by Gasteiger charge is 2.11. The second kappa shape index (κ2) is 8.98. The number of allylic oxidation sites excluding steroid dienone is 1. The molecule has 0 fully saturated rings. The molecule has 6 heteroatoms. The summed E-state index contributed by atoms with van der Waals surface area (Å²) < 4.78 is 9.49. The predicted octanol–water partition coefficient (Wildman–Crippen LogP) is 1.07. The highest BCUT2D eigenvalue weighted by molar-refractivity contribution is 5.92. The van der Waals surface area contributed by atoms with Gasteiger partial charge in [0.2, 0.25) is 0 Å². The van der Waals surface area contributed by atoms with Gasteiger partial charge in [0.15, 0.2) is 0 Å². The molecule has 0 rings (SSSR count). The molecule has 18 heavy (non-hydrogen) atoms. The van der Waals surface area contributed by atoms with Crippen molar-refractivity contribution >= 4 is 17.9 Å². The Hall–Kier alpha value is -2.11. The zero-order valence-corrected chi connectivity index (χ0v) is 10.2. The minimum Gasteiger partial charge on any atom is -0.481 e. The maximum Gasteiger partial charge on any atom is 0.333 e. The highest BCUT2D eigenvalue weighted by atomic mass is 16.5. The first-order chi connectivity index (χ1) is 8.47. The second-order valence-electron chi connectivity index (χ2n) is 3.33. The lowest BCUT2D eigenvalue weighted by Gasteiger charge is -2.05. The lowest BCUT2D eigenvalue weighted by atomic mass is 10.2. The van der Waals surface area contributed by atoms with Crippen LogP contribution >= 0.6 is 0 Å². The van der Waals surface area contributed by atoms with Crippen LogP contribution in [0.25, 0.3) is 0 Å². The summed E-state index contributed by atoms with van der Waals surface area (Å²) in [4.78, 5) is 32.3. The molecule has 0 heterocycles. The molecule has 0 aliphatic heterocycles. The highest BCUT2D eigenvalue weighted by Crippen LogP contribution is 2.01. The van der Waals surface area contributed by atoms with E-state index in [9.17, 15) is 14.4 Å². The third kappa shape index (κ3) is 8.09. The van der Waals surface area contributed by atoms with Crippen LogP contribution in [0.15, 0.2) is 24.3 Å². The number of carboxylic acids is 1. The Morgan fingerprint density at radius 2 is 1.83 bits per heavy atom. The third-order valence-electron chi connectivity index (χ3n) is 1.72. The van der Waals surface area contributed by atoms with E-state index in [4.69, 9.17) is 14.6 Å². The van der Waals surface area contributed by atoms with Gasteiger partial charge in [-0.05, 0) is 6.92 Å². The molecule has 6 nitrogen and oxygen atoms in total. The second-order valence-corrected chi connectivity index (χ2v) is 3.33. The van der Waals surface area contributed by atoms with Crippen LogP contribution in [0.1, 0.15) is 19.8 Å². The summed E-state index contributed by atoms with van der Waals surface area (Å²) in [7, 11) is 0. The van der Waals surface area contributed by atoms with Crippen LogP contribution < -0.4 is 0 Å². The van der Waals surface area contributed by atoms with Crippen molar-refractivity contribution < 1.29 is 29.0 Å². The van der Waals surface area contributed by atoms with Gasteiger partial charge in [-0.3, -0.25) is 4.79 Å². The standard InChI is InChI=1S/C12H16O6/c1-3-5-11(15)17-6-4-7-18-12(16)9(2)8-10(13)14/h3,5H,2,4,6-8H2,1H3,(H,13,14). The van der Waals surface area contributed by atoms with Gasteiger partial charge in [-0.25, -0.2) is 9.59 Å². The summed E-state index contributed by atoms with van der Waals surface area (Å²) in [5, 5.41) is 8.42. The van der Waals surface area contributed by atoms with Gasteiger partial charge >= 0.3 is 17.9 Å². The van der Waals surface area contributed by atoms with Crippen LogP contribution in [0.4, 0.5) is 0 Å². The van der Waals surface area contributed by atoms with Crippen molar-refractivity contribution in [1.82, 2.24) is 0 Å². The van der Waals surface area contributed by atoms with E-state index < -0.39 is 24.3 Å². The van der Waals surface area contributed by atoms with Gasteiger partial charge < -0.3 is 14.6 Å². The molecule has 0 radical (unpaired) electrons. The number of hydrogen-bond donors (Lipinski definition) is 1.